The van der Waals surface area contributed by atoms with Crippen LogP contribution in [0.25, 0.3) is 0 Å². The van der Waals surface area contributed by atoms with Gasteiger partial charge < -0.3 is 29.0 Å². The van der Waals surface area contributed by atoms with Crippen molar-refractivity contribution in [2.24, 2.45) is 4.99 Å². The molecular weight excluding hydrogens is 386 g/mol. The van der Waals surface area contributed by atoms with E-state index in [0.29, 0.717) is 57.6 Å². The minimum absolute atomic E-state index is 0.0743. The Balaban J connectivity index is 1.61. The number of carbonyl (C=O) groups is 1. The number of nitrogens with one attached hydrogen (secondary N) is 1. The first-order valence-corrected chi connectivity index (χ1v) is 10.1. The fourth-order valence-electron chi connectivity index (χ4n) is 3.16. The van der Waals surface area contributed by atoms with Gasteiger partial charge in [0.15, 0.2) is 11.7 Å². The third-order valence-electron chi connectivity index (χ3n) is 4.71. The summed E-state index contributed by atoms with van der Waals surface area (Å²) in [7, 11) is 1.64. The molecule has 1 N–H and O–H groups in total. The molecule has 2 aromatic heterocycles. The van der Waals surface area contributed by atoms with Crippen molar-refractivity contribution in [3.05, 3.63) is 48.0 Å². The lowest BCUT2D eigenvalue weighted by molar-refractivity contribution is 0.0657. The number of amides is 1. The van der Waals surface area contributed by atoms with Crippen LogP contribution in [-0.2, 0) is 11.3 Å². The largest absolute Gasteiger partial charge is 0.475 e. The Kier molecular flexibility index (Phi) is 8.08. The summed E-state index contributed by atoms with van der Waals surface area (Å²) >= 11 is 0. The van der Waals surface area contributed by atoms with Gasteiger partial charge >= 0.3 is 0 Å². The summed E-state index contributed by atoms with van der Waals surface area (Å²) in [5.74, 6) is 1.69. The van der Waals surface area contributed by atoms with Gasteiger partial charge in [-0.15, -0.1) is 0 Å². The number of pyridine rings is 1. The number of aromatic nitrogens is 1. The number of furan rings is 1. The van der Waals surface area contributed by atoms with Gasteiger partial charge in [-0.1, -0.05) is 6.07 Å². The fourth-order valence-corrected chi connectivity index (χ4v) is 3.16. The van der Waals surface area contributed by atoms with Crippen LogP contribution in [0, 0.1) is 0 Å². The molecule has 1 amide bonds. The highest BCUT2D eigenvalue weighted by Gasteiger charge is 2.25. The Morgan fingerprint density at radius 1 is 1.20 bits per heavy atom. The molecule has 1 aliphatic rings. The van der Waals surface area contributed by atoms with E-state index in [9.17, 15) is 4.79 Å². The molecule has 0 saturated carbocycles. The summed E-state index contributed by atoms with van der Waals surface area (Å²) in [5, 5.41) is 3.34. The number of piperazine rings is 1. The molecule has 0 atom stereocenters. The molecule has 3 heterocycles. The van der Waals surface area contributed by atoms with Crippen molar-refractivity contribution >= 4 is 11.9 Å². The van der Waals surface area contributed by atoms with E-state index in [0.717, 1.165) is 18.1 Å². The minimum atomic E-state index is -0.0743. The van der Waals surface area contributed by atoms with Gasteiger partial charge in [0.1, 0.15) is 6.61 Å². The Morgan fingerprint density at radius 3 is 2.70 bits per heavy atom. The summed E-state index contributed by atoms with van der Waals surface area (Å²) in [6.07, 6.45) is 3.22. The van der Waals surface area contributed by atoms with Gasteiger partial charge in [-0.05, 0) is 25.1 Å². The second kappa shape index (κ2) is 11.2. The summed E-state index contributed by atoms with van der Waals surface area (Å²) < 4.78 is 16.0. The van der Waals surface area contributed by atoms with E-state index in [1.54, 1.807) is 25.4 Å². The van der Waals surface area contributed by atoms with Crippen LogP contribution in [-0.4, -0.2) is 79.7 Å². The number of nitrogens with zero attached hydrogens (tertiary/aromatic N) is 4. The zero-order valence-corrected chi connectivity index (χ0v) is 17.5. The zero-order chi connectivity index (χ0) is 21.2. The maximum Gasteiger partial charge on any atom is 0.289 e. The van der Waals surface area contributed by atoms with Gasteiger partial charge in [-0.3, -0.25) is 4.79 Å². The molecule has 162 valence electrons. The molecule has 0 spiro atoms. The highest BCUT2D eigenvalue weighted by Crippen LogP contribution is 2.16. The first-order chi connectivity index (χ1) is 14.7. The van der Waals surface area contributed by atoms with E-state index < -0.39 is 0 Å². The number of carbonyl (C=O) groups excluding carboxylic acids is 1. The number of rotatable bonds is 8. The smallest absolute Gasteiger partial charge is 0.289 e. The van der Waals surface area contributed by atoms with Gasteiger partial charge in [0.05, 0.1) is 19.4 Å². The molecule has 1 fully saturated rings. The third-order valence-corrected chi connectivity index (χ3v) is 4.71. The third kappa shape index (κ3) is 5.73. The average Bonchev–Trinajstić information content (AvgIpc) is 3.32. The van der Waals surface area contributed by atoms with Crippen molar-refractivity contribution in [3.8, 4) is 5.88 Å². The zero-order valence-electron chi connectivity index (χ0n) is 17.5. The number of hydrogen-bond donors (Lipinski definition) is 1. The van der Waals surface area contributed by atoms with Crippen LogP contribution in [0.1, 0.15) is 23.0 Å². The van der Waals surface area contributed by atoms with Crippen LogP contribution in [0.4, 0.5) is 0 Å². The molecule has 1 aliphatic heterocycles. The van der Waals surface area contributed by atoms with Crippen LogP contribution >= 0.6 is 0 Å². The Labute approximate surface area is 176 Å². The molecule has 9 heteroatoms. The predicted molar refractivity (Wildman–Crippen MR) is 113 cm³/mol. The lowest BCUT2D eigenvalue weighted by Gasteiger charge is -2.36. The molecule has 0 unspecified atom stereocenters. The monoisotopic (exact) mass is 415 g/mol. The van der Waals surface area contributed by atoms with E-state index in [4.69, 9.17) is 18.9 Å². The number of ether oxygens (including phenoxy) is 2. The molecule has 0 bridgehead atoms. The summed E-state index contributed by atoms with van der Waals surface area (Å²) in [4.78, 5) is 25.5. The summed E-state index contributed by atoms with van der Waals surface area (Å²) in [5.41, 5.74) is 0.913. The van der Waals surface area contributed by atoms with E-state index >= 15 is 0 Å². The number of aliphatic imine (C=N–C) groups is 1. The number of hydrogen-bond acceptors (Lipinski definition) is 6. The molecule has 1 saturated heterocycles. The van der Waals surface area contributed by atoms with E-state index in [1.807, 2.05) is 24.0 Å². The SMILES string of the molecule is CCNC(=NCc1cccnc1OCCOC)N1CCN(C(=O)c2ccco2)CC1. The van der Waals surface area contributed by atoms with Crippen molar-refractivity contribution in [2.45, 2.75) is 13.5 Å². The molecule has 0 aromatic carbocycles. The molecule has 9 nitrogen and oxygen atoms in total. The number of guanidine groups is 1. The van der Waals surface area contributed by atoms with Gasteiger partial charge in [-0.2, -0.15) is 0 Å². The van der Waals surface area contributed by atoms with E-state index in [-0.39, 0.29) is 5.91 Å². The van der Waals surface area contributed by atoms with E-state index in [2.05, 4.69) is 15.2 Å². The van der Waals surface area contributed by atoms with Crippen molar-refractivity contribution in [2.75, 3.05) is 53.0 Å². The van der Waals surface area contributed by atoms with Crippen molar-refractivity contribution in [3.63, 3.8) is 0 Å². The Bertz CT molecular complexity index is 817. The molecule has 3 rings (SSSR count). The first kappa shape index (κ1) is 21.6. The highest BCUT2D eigenvalue weighted by atomic mass is 16.5. The minimum Gasteiger partial charge on any atom is -0.475 e. The Hall–Kier alpha value is -3.07. The van der Waals surface area contributed by atoms with Crippen LogP contribution in [0.3, 0.4) is 0 Å². The van der Waals surface area contributed by atoms with Crippen molar-refractivity contribution < 1.29 is 18.7 Å². The Morgan fingerprint density at radius 2 is 2.00 bits per heavy atom. The van der Waals surface area contributed by atoms with Gasteiger partial charge in [-0.25, -0.2) is 9.98 Å². The quantitative estimate of drug-likeness (QED) is 0.398. The molecule has 0 aliphatic carbocycles. The average molecular weight is 415 g/mol. The van der Waals surface area contributed by atoms with Gasteiger partial charge in [0.25, 0.3) is 5.91 Å². The first-order valence-electron chi connectivity index (χ1n) is 10.1. The van der Waals surface area contributed by atoms with Crippen molar-refractivity contribution in [1.82, 2.24) is 20.1 Å². The van der Waals surface area contributed by atoms with Crippen LogP contribution in [0.5, 0.6) is 5.88 Å². The van der Waals surface area contributed by atoms with Gasteiger partial charge in [0, 0.05) is 51.6 Å². The summed E-state index contributed by atoms with van der Waals surface area (Å²) in [6, 6.07) is 7.26. The van der Waals surface area contributed by atoms with Gasteiger partial charge in [0.2, 0.25) is 5.88 Å². The highest BCUT2D eigenvalue weighted by molar-refractivity contribution is 5.91. The topological polar surface area (TPSA) is 92.4 Å². The predicted octanol–water partition coefficient (Wildman–Crippen LogP) is 1.62. The molecular formula is C21H29N5O4. The summed E-state index contributed by atoms with van der Waals surface area (Å²) in [6.45, 7) is 6.81. The normalized spacial score (nSPS) is 14.7. The second-order valence-electron chi connectivity index (χ2n) is 6.74. The van der Waals surface area contributed by atoms with E-state index in [1.165, 1.54) is 6.26 Å². The molecule has 0 radical (unpaired) electrons. The van der Waals surface area contributed by atoms with Crippen molar-refractivity contribution in [1.29, 1.82) is 0 Å². The van der Waals surface area contributed by atoms with Crippen LogP contribution < -0.4 is 10.1 Å². The number of methoxy groups -OCH3 is 1. The van der Waals surface area contributed by atoms with Crippen LogP contribution in [0.15, 0.2) is 46.1 Å². The molecule has 30 heavy (non-hydrogen) atoms. The lowest BCUT2D eigenvalue weighted by Crippen LogP contribution is -2.53. The second-order valence-corrected chi connectivity index (χ2v) is 6.74. The molecule has 2 aromatic rings. The maximum absolute atomic E-state index is 12.5. The van der Waals surface area contributed by atoms with Crippen LogP contribution in [0.2, 0.25) is 0 Å². The standard InChI is InChI=1S/C21H29N5O4/c1-3-22-21(24-16-17-6-4-8-23-19(17)30-15-14-28-2)26-11-9-25(10-12-26)20(27)18-7-5-13-29-18/h4-8,13H,3,9-12,14-16H2,1-2H3,(H,22,24). The fraction of sp³-hybridized carbons (Fsp3) is 0.476. The maximum atomic E-state index is 12.5. The lowest BCUT2D eigenvalue weighted by atomic mass is 10.2.